The van der Waals surface area contributed by atoms with Crippen LogP contribution in [0.4, 0.5) is 0 Å². The number of aliphatic carboxylic acids is 1. The van der Waals surface area contributed by atoms with E-state index in [1.165, 1.54) is 0 Å². The molecule has 1 fully saturated rings. The highest BCUT2D eigenvalue weighted by Crippen LogP contribution is 2.31. The van der Waals surface area contributed by atoms with E-state index in [2.05, 4.69) is 12.2 Å². The summed E-state index contributed by atoms with van der Waals surface area (Å²) in [7, 11) is 0. The number of carboxylic acids is 1. The molecule has 0 aromatic carbocycles. The minimum Gasteiger partial charge on any atom is -0.481 e. The summed E-state index contributed by atoms with van der Waals surface area (Å²) >= 11 is 0. The predicted octanol–water partition coefficient (Wildman–Crippen LogP) is 1.48. The normalized spacial score (nSPS) is 25.2. The molecule has 1 heterocycles. The third-order valence-electron chi connectivity index (χ3n) is 4.03. The van der Waals surface area contributed by atoms with Crippen LogP contribution in [0.25, 0.3) is 0 Å². The third kappa shape index (κ3) is 4.20. The zero-order valence-electron chi connectivity index (χ0n) is 12.2. The van der Waals surface area contributed by atoms with Crippen LogP contribution in [-0.4, -0.2) is 47.6 Å². The van der Waals surface area contributed by atoms with E-state index in [1.54, 1.807) is 6.92 Å². The maximum atomic E-state index is 12.0. The van der Waals surface area contributed by atoms with Gasteiger partial charge in [-0.1, -0.05) is 19.8 Å². The van der Waals surface area contributed by atoms with Crippen LogP contribution >= 0.6 is 0 Å². The van der Waals surface area contributed by atoms with Crippen LogP contribution in [0.5, 0.6) is 0 Å². The molecule has 0 saturated carbocycles. The number of amides is 1. The van der Waals surface area contributed by atoms with Crippen LogP contribution in [0.15, 0.2) is 0 Å². The molecule has 110 valence electrons. The van der Waals surface area contributed by atoms with Crippen molar-refractivity contribution >= 4 is 11.9 Å². The largest absolute Gasteiger partial charge is 0.481 e. The first-order chi connectivity index (χ1) is 8.90. The Morgan fingerprint density at radius 2 is 2.11 bits per heavy atom. The van der Waals surface area contributed by atoms with Crippen molar-refractivity contribution < 1.29 is 14.7 Å². The molecule has 1 rings (SSSR count). The van der Waals surface area contributed by atoms with Crippen LogP contribution in [0.2, 0.25) is 0 Å². The molecule has 1 amide bonds. The van der Waals surface area contributed by atoms with Crippen molar-refractivity contribution in [1.29, 1.82) is 0 Å². The van der Waals surface area contributed by atoms with Crippen LogP contribution < -0.4 is 5.32 Å². The van der Waals surface area contributed by atoms with Gasteiger partial charge in [0.05, 0.1) is 11.5 Å². The molecule has 5 nitrogen and oxygen atoms in total. The fourth-order valence-electron chi connectivity index (χ4n) is 2.40. The summed E-state index contributed by atoms with van der Waals surface area (Å²) in [4.78, 5) is 25.1. The van der Waals surface area contributed by atoms with Gasteiger partial charge in [0.1, 0.15) is 0 Å². The zero-order chi connectivity index (χ0) is 14.5. The minimum atomic E-state index is -0.773. The number of carboxylic acid groups (broad SMARTS) is 1. The zero-order valence-corrected chi connectivity index (χ0v) is 12.2. The molecular formula is C14H26N2O3. The summed E-state index contributed by atoms with van der Waals surface area (Å²) in [5.41, 5.74) is -0.712. The highest BCUT2D eigenvalue weighted by atomic mass is 16.4. The molecule has 1 aliphatic heterocycles. The minimum absolute atomic E-state index is 0.00532. The van der Waals surface area contributed by atoms with E-state index < -0.39 is 11.4 Å². The standard InChI is InChI=1S/C14H26N2O3/c1-4-5-6-8-15-12(17)11(2)16-9-7-14(3,10-16)13(18)19/h11H,4-10H2,1-3H3,(H,15,17)(H,18,19). The first-order valence-electron chi connectivity index (χ1n) is 7.16. The number of hydrogen-bond acceptors (Lipinski definition) is 3. The van der Waals surface area contributed by atoms with E-state index in [-0.39, 0.29) is 11.9 Å². The number of carbonyl (C=O) groups excluding carboxylic acids is 1. The predicted molar refractivity (Wildman–Crippen MR) is 73.9 cm³/mol. The van der Waals surface area contributed by atoms with Crippen molar-refractivity contribution in [2.24, 2.45) is 5.41 Å². The molecule has 2 unspecified atom stereocenters. The summed E-state index contributed by atoms with van der Waals surface area (Å²) in [5, 5.41) is 12.1. The summed E-state index contributed by atoms with van der Waals surface area (Å²) < 4.78 is 0. The topological polar surface area (TPSA) is 69.6 Å². The molecule has 2 atom stereocenters. The van der Waals surface area contributed by atoms with E-state index in [0.717, 1.165) is 19.3 Å². The van der Waals surface area contributed by atoms with Crippen molar-refractivity contribution in [2.45, 2.75) is 52.5 Å². The second-order valence-corrected chi connectivity index (χ2v) is 5.76. The van der Waals surface area contributed by atoms with Crippen LogP contribution in [0, 0.1) is 5.41 Å². The number of carbonyl (C=O) groups is 2. The monoisotopic (exact) mass is 270 g/mol. The molecule has 5 heteroatoms. The van der Waals surface area contributed by atoms with Gasteiger partial charge in [0, 0.05) is 19.6 Å². The van der Waals surface area contributed by atoms with Gasteiger partial charge < -0.3 is 10.4 Å². The fourth-order valence-corrected chi connectivity index (χ4v) is 2.40. The number of likely N-dealkylation sites (tertiary alicyclic amines) is 1. The Bertz CT molecular complexity index is 333. The van der Waals surface area contributed by atoms with Crippen molar-refractivity contribution in [3.8, 4) is 0 Å². The van der Waals surface area contributed by atoms with E-state index in [4.69, 9.17) is 0 Å². The number of hydrogen-bond donors (Lipinski definition) is 2. The van der Waals surface area contributed by atoms with Crippen molar-refractivity contribution in [1.82, 2.24) is 10.2 Å². The van der Waals surface area contributed by atoms with E-state index in [1.807, 2.05) is 11.8 Å². The van der Waals surface area contributed by atoms with Gasteiger partial charge >= 0.3 is 5.97 Å². The summed E-state index contributed by atoms with van der Waals surface area (Å²) in [6, 6.07) is -0.247. The molecule has 0 aromatic rings. The first-order valence-corrected chi connectivity index (χ1v) is 7.16. The van der Waals surface area contributed by atoms with Crippen molar-refractivity contribution in [3.63, 3.8) is 0 Å². The van der Waals surface area contributed by atoms with Crippen LogP contribution in [0.1, 0.15) is 46.5 Å². The molecule has 0 bridgehead atoms. The molecule has 1 aliphatic rings. The van der Waals surface area contributed by atoms with Crippen molar-refractivity contribution in [2.75, 3.05) is 19.6 Å². The summed E-state index contributed by atoms with van der Waals surface area (Å²) in [5.74, 6) is -0.767. The van der Waals surface area contributed by atoms with Gasteiger partial charge in [0.15, 0.2) is 0 Å². The van der Waals surface area contributed by atoms with Gasteiger partial charge in [-0.2, -0.15) is 0 Å². The summed E-state index contributed by atoms with van der Waals surface area (Å²) in [6.45, 7) is 7.56. The van der Waals surface area contributed by atoms with Gasteiger partial charge in [0.2, 0.25) is 5.91 Å². The van der Waals surface area contributed by atoms with Gasteiger partial charge in [-0.25, -0.2) is 0 Å². The van der Waals surface area contributed by atoms with Gasteiger partial charge in [-0.3, -0.25) is 14.5 Å². The molecular weight excluding hydrogens is 244 g/mol. The van der Waals surface area contributed by atoms with E-state index >= 15 is 0 Å². The molecule has 2 N–H and O–H groups in total. The Labute approximate surface area is 115 Å². The number of unbranched alkanes of at least 4 members (excludes halogenated alkanes) is 2. The second kappa shape index (κ2) is 6.89. The highest BCUT2D eigenvalue weighted by molar-refractivity contribution is 5.81. The molecule has 0 spiro atoms. The Balaban J connectivity index is 2.40. The molecule has 19 heavy (non-hydrogen) atoms. The molecule has 1 saturated heterocycles. The van der Waals surface area contributed by atoms with Crippen molar-refractivity contribution in [3.05, 3.63) is 0 Å². The number of rotatable bonds is 7. The SMILES string of the molecule is CCCCCNC(=O)C(C)N1CCC(C)(C(=O)O)C1. The van der Waals surface area contributed by atoms with Crippen LogP contribution in [0.3, 0.4) is 0 Å². The molecule has 0 aromatic heterocycles. The first kappa shape index (κ1) is 16.0. The third-order valence-corrected chi connectivity index (χ3v) is 4.03. The highest BCUT2D eigenvalue weighted by Gasteiger charge is 2.42. The Morgan fingerprint density at radius 1 is 1.42 bits per heavy atom. The van der Waals surface area contributed by atoms with Gasteiger partial charge in [-0.15, -0.1) is 0 Å². The average molecular weight is 270 g/mol. The lowest BCUT2D eigenvalue weighted by atomic mass is 9.90. The quantitative estimate of drug-likeness (QED) is 0.687. The fraction of sp³-hybridized carbons (Fsp3) is 0.857. The average Bonchev–Trinajstić information content (AvgIpc) is 2.77. The van der Waals surface area contributed by atoms with E-state index in [0.29, 0.717) is 26.1 Å². The summed E-state index contributed by atoms with van der Waals surface area (Å²) in [6.07, 6.45) is 3.86. The Hall–Kier alpha value is -1.10. The second-order valence-electron chi connectivity index (χ2n) is 5.76. The lowest BCUT2D eigenvalue weighted by Crippen LogP contribution is -2.45. The lowest BCUT2D eigenvalue weighted by molar-refractivity contribution is -0.147. The van der Waals surface area contributed by atoms with Crippen LogP contribution in [-0.2, 0) is 9.59 Å². The maximum absolute atomic E-state index is 12.0. The molecule has 0 aliphatic carbocycles. The smallest absolute Gasteiger partial charge is 0.310 e. The Morgan fingerprint density at radius 3 is 2.63 bits per heavy atom. The maximum Gasteiger partial charge on any atom is 0.310 e. The lowest BCUT2D eigenvalue weighted by Gasteiger charge is -2.25. The van der Waals surface area contributed by atoms with E-state index in [9.17, 15) is 14.7 Å². The van der Waals surface area contributed by atoms with Gasteiger partial charge in [-0.05, 0) is 26.7 Å². The Kier molecular flexibility index (Phi) is 5.79. The molecule has 0 radical (unpaired) electrons. The number of nitrogens with one attached hydrogen (secondary N) is 1. The van der Waals surface area contributed by atoms with Gasteiger partial charge in [0.25, 0.3) is 0 Å². The number of nitrogens with zero attached hydrogens (tertiary/aromatic N) is 1.